The van der Waals surface area contributed by atoms with Crippen LogP contribution in [0, 0.1) is 0 Å². The fourth-order valence-electron chi connectivity index (χ4n) is 1.59. The number of unbranched alkanes of at least 4 members (excludes halogenated alkanes) is 2. The Bertz CT molecular complexity index is 409. The lowest BCUT2D eigenvalue weighted by atomic mass is 9.92. The first-order valence-electron chi connectivity index (χ1n) is 6.15. The van der Waals surface area contributed by atoms with E-state index < -0.39 is 0 Å². The second-order valence-corrected chi connectivity index (χ2v) is 5.27. The molecule has 17 heavy (non-hydrogen) atoms. The van der Waals surface area contributed by atoms with Crippen molar-refractivity contribution in [1.82, 2.24) is 9.78 Å². The van der Waals surface area contributed by atoms with Crippen LogP contribution in [0.15, 0.2) is 11.1 Å². The van der Waals surface area contributed by atoms with Crippen LogP contribution in [0.4, 0.5) is 5.82 Å². The SMILES string of the molecule is CCCCCn1nc(C(C)(C)C)cc1N=C=O. The maximum Gasteiger partial charge on any atom is 0.242 e. The number of isocyanates is 1. The van der Waals surface area contributed by atoms with Crippen molar-refractivity contribution in [2.75, 3.05) is 0 Å². The molecule has 0 spiro atoms. The predicted molar refractivity (Wildman–Crippen MR) is 68.2 cm³/mol. The Morgan fingerprint density at radius 3 is 2.65 bits per heavy atom. The van der Waals surface area contributed by atoms with Gasteiger partial charge >= 0.3 is 0 Å². The van der Waals surface area contributed by atoms with Crippen LogP contribution in [-0.4, -0.2) is 15.9 Å². The second kappa shape index (κ2) is 5.78. The molecule has 0 N–H and O–H groups in total. The molecule has 0 saturated heterocycles. The van der Waals surface area contributed by atoms with Crippen molar-refractivity contribution in [3.63, 3.8) is 0 Å². The zero-order chi connectivity index (χ0) is 12.9. The standard InChI is InChI=1S/C13H21N3O/c1-5-6-7-8-16-12(14-10-17)9-11(15-16)13(2,3)4/h9H,5-8H2,1-4H3. The first-order chi connectivity index (χ1) is 7.99. The summed E-state index contributed by atoms with van der Waals surface area (Å²) in [5, 5.41) is 4.52. The van der Waals surface area contributed by atoms with Crippen LogP contribution >= 0.6 is 0 Å². The van der Waals surface area contributed by atoms with E-state index >= 15 is 0 Å². The molecule has 0 unspecified atom stereocenters. The summed E-state index contributed by atoms with van der Waals surface area (Å²) >= 11 is 0. The van der Waals surface area contributed by atoms with Gasteiger partial charge in [0.25, 0.3) is 0 Å². The summed E-state index contributed by atoms with van der Waals surface area (Å²) in [6.45, 7) is 9.26. The van der Waals surface area contributed by atoms with Crippen molar-refractivity contribution in [2.45, 2.75) is 58.9 Å². The van der Waals surface area contributed by atoms with Gasteiger partial charge in [-0.25, -0.2) is 9.48 Å². The molecule has 1 rings (SSSR count). The van der Waals surface area contributed by atoms with E-state index in [1.54, 1.807) is 10.8 Å². The summed E-state index contributed by atoms with van der Waals surface area (Å²) in [6.07, 6.45) is 4.98. The Morgan fingerprint density at radius 1 is 1.41 bits per heavy atom. The second-order valence-electron chi connectivity index (χ2n) is 5.27. The third kappa shape index (κ3) is 3.82. The highest BCUT2D eigenvalue weighted by atomic mass is 16.1. The molecule has 1 aromatic heterocycles. The van der Waals surface area contributed by atoms with Crippen LogP contribution in [0.3, 0.4) is 0 Å². The summed E-state index contributed by atoms with van der Waals surface area (Å²) in [5.74, 6) is 0.612. The molecule has 0 amide bonds. The molecule has 1 heterocycles. The van der Waals surface area contributed by atoms with Crippen molar-refractivity contribution >= 4 is 11.9 Å². The zero-order valence-corrected chi connectivity index (χ0v) is 11.2. The first kappa shape index (κ1) is 13.7. The number of hydrogen-bond acceptors (Lipinski definition) is 3. The average Bonchev–Trinajstić information content (AvgIpc) is 2.62. The van der Waals surface area contributed by atoms with Gasteiger partial charge in [-0.3, -0.25) is 0 Å². The van der Waals surface area contributed by atoms with E-state index in [-0.39, 0.29) is 5.41 Å². The molecule has 0 aliphatic heterocycles. The fourth-order valence-corrected chi connectivity index (χ4v) is 1.59. The van der Waals surface area contributed by atoms with Crippen molar-refractivity contribution in [3.8, 4) is 0 Å². The Morgan fingerprint density at radius 2 is 2.12 bits per heavy atom. The lowest BCUT2D eigenvalue weighted by Crippen LogP contribution is -2.13. The minimum Gasteiger partial charge on any atom is -0.247 e. The topological polar surface area (TPSA) is 47.2 Å². The van der Waals surface area contributed by atoms with Crippen molar-refractivity contribution in [1.29, 1.82) is 0 Å². The molecule has 0 radical (unpaired) electrons. The van der Waals surface area contributed by atoms with Crippen molar-refractivity contribution in [3.05, 3.63) is 11.8 Å². The summed E-state index contributed by atoms with van der Waals surface area (Å²) in [5.41, 5.74) is 0.936. The molecule has 0 bridgehead atoms. The van der Waals surface area contributed by atoms with Crippen LogP contribution in [-0.2, 0) is 16.8 Å². The van der Waals surface area contributed by atoms with Crippen molar-refractivity contribution < 1.29 is 4.79 Å². The van der Waals surface area contributed by atoms with Gasteiger partial charge in [-0.1, -0.05) is 40.5 Å². The highest BCUT2D eigenvalue weighted by molar-refractivity contribution is 5.46. The van der Waals surface area contributed by atoms with Gasteiger partial charge in [-0.2, -0.15) is 5.10 Å². The Kier molecular flexibility index (Phi) is 4.64. The smallest absolute Gasteiger partial charge is 0.242 e. The molecule has 0 saturated carbocycles. The van der Waals surface area contributed by atoms with E-state index in [4.69, 9.17) is 0 Å². The summed E-state index contributed by atoms with van der Waals surface area (Å²) in [7, 11) is 0. The van der Waals surface area contributed by atoms with Crippen LogP contribution < -0.4 is 0 Å². The summed E-state index contributed by atoms with van der Waals surface area (Å²) in [4.78, 5) is 14.1. The lowest BCUT2D eigenvalue weighted by molar-refractivity contribution is 0.513. The fraction of sp³-hybridized carbons (Fsp3) is 0.692. The Hall–Kier alpha value is -1.41. The molecule has 94 valence electrons. The maximum absolute atomic E-state index is 10.4. The molecule has 0 atom stereocenters. The number of aryl methyl sites for hydroxylation is 1. The maximum atomic E-state index is 10.4. The Labute approximate surface area is 103 Å². The number of hydrogen-bond donors (Lipinski definition) is 0. The third-order valence-electron chi connectivity index (χ3n) is 2.66. The minimum atomic E-state index is -0.0246. The van der Waals surface area contributed by atoms with Gasteiger partial charge in [0.15, 0.2) is 5.82 Å². The molecule has 0 aromatic carbocycles. The first-order valence-corrected chi connectivity index (χ1v) is 6.15. The molecule has 4 nitrogen and oxygen atoms in total. The minimum absolute atomic E-state index is 0.0246. The molecular weight excluding hydrogens is 214 g/mol. The van der Waals surface area contributed by atoms with Gasteiger partial charge in [-0.05, 0) is 6.42 Å². The number of aliphatic imine (C=N–C) groups is 1. The summed E-state index contributed by atoms with van der Waals surface area (Å²) in [6, 6.07) is 1.87. The molecule has 0 aliphatic carbocycles. The lowest BCUT2D eigenvalue weighted by Gasteiger charge is -2.14. The number of nitrogens with zero attached hydrogens (tertiary/aromatic N) is 3. The zero-order valence-electron chi connectivity index (χ0n) is 11.2. The van der Waals surface area contributed by atoms with Gasteiger partial charge in [0.1, 0.15) is 0 Å². The third-order valence-corrected chi connectivity index (χ3v) is 2.66. The van der Waals surface area contributed by atoms with E-state index in [0.717, 1.165) is 25.1 Å². The van der Waals surface area contributed by atoms with E-state index in [0.29, 0.717) is 5.82 Å². The average molecular weight is 235 g/mol. The predicted octanol–water partition coefficient (Wildman–Crippen LogP) is 3.34. The molecule has 4 heteroatoms. The Balaban J connectivity index is 2.93. The molecule has 0 aliphatic rings. The summed E-state index contributed by atoms with van der Waals surface area (Å²) < 4.78 is 1.81. The number of carbonyl (C=O) groups excluding carboxylic acids is 1. The quantitative estimate of drug-likeness (QED) is 0.446. The molecule has 1 aromatic rings. The highest BCUT2D eigenvalue weighted by Gasteiger charge is 2.19. The van der Waals surface area contributed by atoms with E-state index in [1.807, 2.05) is 6.07 Å². The van der Waals surface area contributed by atoms with Gasteiger partial charge in [-0.15, -0.1) is 4.99 Å². The van der Waals surface area contributed by atoms with Crippen LogP contribution in [0.1, 0.15) is 52.7 Å². The van der Waals surface area contributed by atoms with Gasteiger partial charge in [0, 0.05) is 18.0 Å². The monoisotopic (exact) mass is 235 g/mol. The molecular formula is C13H21N3O. The van der Waals surface area contributed by atoms with Gasteiger partial charge in [0.2, 0.25) is 6.08 Å². The highest BCUT2D eigenvalue weighted by Crippen LogP contribution is 2.25. The van der Waals surface area contributed by atoms with E-state index in [1.165, 1.54) is 6.42 Å². The van der Waals surface area contributed by atoms with Crippen LogP contribution in [0.25, 0.3) is 0 Å². The van der Waals surface area contributed by atoms with Crippen molar-refractivity contribution in [2.24, 2.45) is 4.99 Å². The molecule has 0 fully saturated rings. The van der Waals surface area contributed by atoms with Crippen LogP contribution in [0.2, 0.25) is 0 Å². The van der Waals surface area contributed by atoms with Gasteiger partial charge < -0.3 is 0 Å². The number of aromatic nitrogens is 2. The van der Waals surface area contributed by atoms with E-state index in [2.05, 4.69) is 37.8 Å². The van der Waals surface area contributed by atoms with Crippen LogP contribution in [0.5, 0.6) is 0 Å². The van der Waals surface area contributed by atoms with Gasteiger partial charge in [0.05, 0.1) is 5.69 Å². The largest absolute Gasteiger partial charge is 0.247 e. The number of rotatable bonds is 5. The van der Waals surface area contributed by atoms with E-state index in [9.17, 15) is 4.79 Å². The normalized spacial score (nSPS) is 11.3.